The quantitative estimate of drug-likeness (QED) is 0.242. The molecule has 0 spiro atoms. The van der Waals surface area contributed by atoms with Crippen molar-refractivity contribution in [2.45, 2.75) is 19.2 Å². The largest absolute Gasteiger partial charge is 0.573 e. The molecule has 4 aromatic rings. The average molecular weight is 586 g/mol. The summed E-state index contributed by atoms with van der Waals surface area (Å²) in [7, 11) is 0. The number of nitrogen functional groups attached to an aromatic ring is 1. The van der Waals surface area contributed by atoms with E-state index in [1.807, 2.05) is 30.3 Å². The van der Waals surface area contributed by atoms with Crippen LogP contribution >= 0.6 is 15.9 Å². The molecular weight excluding hydrogens is 567 g/mol. The van der Waals surface area contributed by atoms with Crippen molar-refractivity contribution in [2.75, 3.05) is 16.4 Å². The highest BCUT2D eigenvalue weighted by atomic mass is 79.9. The highest BCUT2D eigenvalue weighted by Crippen LogP contribution is 2.48. The molecule has 194 valence electrons. The minimum Gasteiger partial charge on any atom is -0.406 e. The van der Waals surface area contributed by atoms with Crippen LogP contribution in [0.5, 0.6) is 5.75 Å². The number of nitrogens with zero attached hydrogens (tertiary/aromatic N) is 2. The maximum atomic E-state index is 13.0. The van der Waals surface area contributed by atoms with Gasteiger partial charge in [0.1, 0.15) is 11.2 Å². The molecule has 1 fully saturated rings. The number of anilines is 3. The second-order valence-corrected chi connectivity index (χ2v) is 9.61. The van der Waals surface area contributed by atoms with E-state index in [9.17, 15) is 22.8 Å². The van der Waals surface area contributed by atoms with Gasteiger partial charge in [-0.15, -0.1) is 13.2 Å². The first kappa shape index (κ1) is 25.5. The number of fused-ring (bicyclic) bond motifs is 1. The van der Waals surface area contributed by atoms with Crippen molar-refractivity contribution >= 4 is 56.0 Å². The Hall–Kier alpha value is -4.19. The fourth-order valence-corrected chi connectivity index (χ4v) is 4.28. The lowest BCUT2D eigenvalue weighted by Crippen LogP contribution is -2.35. The van der Waals surface area contributed by atoms with Crippen LogP contribution in [0.15, 0.2) is 71.3 Å². The van der Waals surface area contributed by atoms with Crippen molar-refractivity contribution in [3.05, 3.63) is 71.3 Å². The molecule has 0 atom stereocenters. The number of amides is 2. The second-order valence-electron chi connectivity index (χ2n) is 8.76. The SMILES string of the molecule is Nc1ncc2ccc(-c3ccc(NC(=O)C4(C(=O)Nc5cc(OC(F)(F)F)ccc5Br)CC4)cc3)cc2n1. The van der Waals surface area contributed by atoms with E-state index >= 15 is 0 Å². The van der Waals surface area contributed by atoms with Crippen molar-refractivity contribution in [1.29, 1.82) is 0 Å². The van der Waals surface area contributed by atoms with E-state index in [-0.39, 0.29) is 11.6 Å². The number of hydrogen-bond acceptors (Lipinski definition) is 6. The van der Waals surface area contributed by atoms with Crippen molar-refractivity contribution in [1.82, 2.24) is 9.97 Å². The van der Waals surface area contributed by atoms with Crippen LogP contribution in [0.4, 0.5) is 30.5 Å². The minimum atomic E-state index is -4.88. The molecule has 0 radical (unpaired) electrons. The molecule has 0 unspecified atom stereocenters. The lowest BCUT2D eigenvalue weighted by Gasteiger charge is -2.17. The van der Waals surface area contributed by atoms with Gasteiger partial charge in [-0.05, 0) is 70.2 Å². The standard InChI is InChI=1S/C26H19BrF3N5O3/c27-19-8-7-18(38-26(28,29)30)12-21(19)34-23(37)25(9-10-25)22(36)33-17-5-3-14(4-6-17)15-1-2-16-13-32-24(31)35-20(16)11-15/h1-8,11-13H,9-10H2,(H,33,36)(H,34,37)(H2,31,32,35). The van der Waals surface area contributed by atoms with Gasteiger partial charge in [-0.2, -0.15) is 0 Å². The number of carbonyl (C=O) groups excluding carboxylic acids is 2. The van der Waals surface area contributed by atoms with E-state index in [0.717, 1.165) is 28.6 Å². The summed E-state index contributed by atoms with van der Waals surface area (Å²) in [5, 5.41) is 6.16. The molecule has 5 rings (SSSR count). The first-order chi connectivity index (χ1) is 18.0. The number of hydrogen-bond donors (Lipinski definition) is 3. The molecule has 1 aliphatic carbocycles. The Morgan fingerprint density at radius 2 is 1.63 bits per heavy atom. The average Bonchev–Trinajstić information content (AvgIpc) is 3.68. The molecule has 38 heavy (non-hydrogen) atoms. The summed E-state index contributed by atoms with van der Waals surface area (Å²) in [6, 6.07) is 16.2. The Balaban J connectivity index is 1.27. The molecule has 12 heteroatoms. The number of ether oxygens (including phenoxy) is 1. The maximum Gasteiger partial charge on any atom is 0.573 e. The number of benzene rings is 3. The van der Waals surface area contributed by atoms with Crippen LogP contribution < -0.4 is 21.1 Å². The molecule has 1 aliphatic rings. The van der Waals surface area contributed by atoms with Gasteiger partial charge in [-0.1, -0.05) is 24.3 Å². The predicted molar refractivity (Wildman–Crippen MR) is 139 cm³/mol. The van der Waals surface area contributed by atoms with Crippen LogP contribution in [0.2, 0.25) is 0 Å². The van der Waals surface area contributed by atoms with E-state index in [1.165, 1.54) is 6.07 Å². The summed E-state index contributed by atoms with van der Waals surface area (Å²) in [6.45, 7) is 0. The molecule has 4 N–H and O–H groups in total. The van der Waals surface area contributed by atoms with Crippen LogP contribution in [-0.2, 0) is 9.59 Å². The molecule has 0 bridgehead atoms. The van der Waals surface area contributed by atoms with Gasteiger partial charge < -0.3 is 21.1 Å². The monoisotopic (exact) mass is 585 g/mol. The Morgan fingerprint density at radius 3 is 2.32 bits per heavy atom. The Morgan fingerprint density at radius 1 is 0.947 bits per heavy atom. The molecule has 1 saturated carbocycles. The van der Waals surface area contributed by atoms with E-state index in [1.54, 1.807) is 18.3 Å². The third-order valence-electron chi connectivity index (χ3n) is 6.12. The molecule has 0 saturated heterocycles. The second kappa shape index (κ2) is 9.60. The smallest absolute Gasteiger partial charge is 0.406 e. The van der Waals surface area contributed by atoms with Gasteiger partial charge in [-0.3, -0.25) is 9.59 Å². The number of halogens is 4. The van der Waals surface area contributed by atoms with Gasteiger partial charge in [0.25, 0.3) is 0 Å². The summed E-state index contributed by atoms with van der Waals surface area (Å²) in [6.07, 6.45) is -2.61. The third-order valence-corrected chi connectivity index (χ3v) is 6.81. The van der Waals surface area contributed by atoms with E-state index < -0.39 is 29.3 Å². The summed E-state index contributed by atoms with van der Waals surface area (Å²) in [4.78, 5) is 34.2. The fourth-order valence-electron chi connectivity index (χ4n) is 3.94. The summed E-state index contributed by atoms with van der Waals surface area (Å²) in [5.74, 6) is -1.43. The number of nitrogens with one attached hydrogen (secondary N) is 2. The van der Waals surface area contributed by atoms with E-state index in [4.69, 9.17) is 5.73 Å². The van der Waals surface area contributed by atoms with Crippen molar-refractivity contribution in [3.63, 3.8) is 0 Å². The van der Waals surface area contributed by atoms with Crippen molar-refractivity contribution in [2.24, 2.45) is 5.41 Å². The predicted octanol–water partition coefficient (Wildman–Crippen LogP) is 5.90. The number of alkyl halides is 3. The number of aromatic nitrogens is 2. The zero-order valence-corrected chi connectivity index (χ0v) is 21.1. The number of rotatable bonds is 6. The van der Waals surface area contributed by atoms with Gasteiger partial charge in [0.05, 0.1) is 11.2 Å². The first-order valence-corrected chi connectivity index (χ1v) is 12.1. The molecular formula is C26H19BrF3N5O3. The van der Waals surface area contributed by atoms with Gasteiger partial charge in [0.2, 0.25) is 17.8 Å². The zero-order valence-electron chi connectivity index (χ0n) is 19.5. The summed E-state index contributed by atoms with van der Waals surface area (Å²) >= 11 is 3.19. The van der Waals surface area contributed by atoms with Gasteiger partial charge >= 0.3 is 6.36 Å². The van der Waals surface area contributed by atoms with E-state index in [0.29, 0.717) is 28.5 Å². The van der Waals surface area contributed by atoms with Gasteiger partial charge in [0.15, 0.2) is 0 Å². The van der Waals surface area contributed by atoms with Crippen LogP contribution in [0.3, 0.4) is 0 Å². The molecule has 0 aliphatic heterocycles. The van der Waals surface area contributed by atoms with E-state index in [2.05, 4.69) is 41.3 Å². The lowest BCUT2D eigenvalue weighted by molar-refractivity contribution is -0.274. The summed E-state index contributed by atoms with van der Waals surface area (Å²) in [5.41, 5.74) is 7.39. The molecule has 1 heterocycles. The molecule has 3 aromatic carbocycles. The molecule has 8 nitrogen and oxygen atoms in total. The first-order valence-electron chi connectivity index (χ1n) is 11.3. The third kappa shape index (κ3) is 5.40. The fraction of sp³-hybridized carbons (Fsp3) is 0.154. The Kier molecular flexibility index (Phi) is 6.43. The Bertz CT molecular complexity index is 1560. The highest BCUT2D eigenvalue weighted by Gasteiger charge is 2.56. The lowest BCUT2D eigenvalue weighted by atomic mass is 10.0. The van der Waals surface area contributed by atoms with Crippen LogP contribution in [0.1, 0.15) is 12.8 Å². The topological polar surface area (TPSA) is 119 Å². The van der Waals surface area contributed by atoms with Gasteiger partial charge in [-0.25, -0.2) is 9.97 Å². The highest BCUT2D eigenvalue weighted by molar-refractivity contribution is 9.10. The Labute approximate surface area is 222 Å². The molecule has 2 amide bonds. The van der Waals surface area contributed by atoms with Crippen molar-refractivity contribution < 1.29 is 27.5 Å². The normalized spacial score (nSPS) is 14.1. The maximum absolute atomic E-state index is 13.0. The van der Waals surface area contributed by atoms with Crippen LogP contribution in [-0.4, -0.2) is 28.1 Å². The number of nitrogens with two attached hydrogens (primary N) is 1. The van der Waals surface area contributed by atoms with Crippen LogP contribution in [0.25, 0.3) is 22.0 Å². The van der Waals surface area contributed by atoms with Gasteiger partial charge in [0, 0.05) is 27.8 Å². The summed E-state index contributed by atoms with van der Waals surface area (Å²) < 4.78 is 41.9. The number of carbonyl (C=O) groups is 2. The zero-order chi connectivity index (χ0) is 27.1. The minimum absolute atomic E-state index is 0.0580. The molecule has 1 aromatic heterocycles. The van der Waals surface area contributed by atoms with Crippen LogP contribution in [0, 0.1) is 5.41 Å². The van der Waals surface area contributed by atoms with Crippen molar-refractivity contribution in [3.8, 4) is 16.9 Å².